The molecule has 11 heavy (non-hydrogen) atoms. The molecule has 1 aromatic rings. The third-order valence-electron chi connectivity index (χ3n) is 0.756. The molecule has 0 aliphatic heterocycles. The highest BCUT2D eigenvalue weighted by Gasteiger charge is 1.77. The summed E-state index contributed by atoms with van der Waals surface area (Å²) in [5, 5.41) is 8.63. The second kappa shape index (κ2) is 6.38. The molecule has 1 rings (SSSR count). The number of aromatic hydroxyl groups is 1. The van der Waals surface area contributed by atoms with Crippen LogP contribution in [-0.4, -0.2) is 14.9 Å². The lowest BCUT2D eigenvalue weighted by molar-refractivity contribution is 0.475. The van der Waals surface area contributed by atoms with Gasteiger partial charge in [0.05, 0.1) is 0 Å². The standard InChI is InChI=1S/C6H6O.ClH2O2P/c7-6-4-2-1-3-5-6;1-4(2)3/h1-5,7H;2-3H. The van der Waals surface area contributed by atoms with Gasteiger partial charge in [0.2, 0.25) is 0 Å². The Morgan fingerprint density at radius 2 is 1.45 bits per heavy atom. The van der Waals surface area contributed by atoms with Gasteiger partial charge in [-0.2, -0.15) is 0 Å². The third kappa shape index (κ3) is 9.66. The van der Waals surface area contributed by atoms with Gasteiger partial charge in [-0.3, -0.25) is 0 Å². The highest BCUT2D eigenvalue weighted by Crippen LogP contribution is 2.27. The molecular formula is C6H8ClO3P. The molecule has 0 radical (unpaired) electrons. The van der Waals surface area contributed by atoms with Crippen molar-refractivity contribution in [2.75, 3.05) is 0 Å². The fourth-order valence-corrected chi connectivity index (χ4v) is 0.428. The highest BCUT2D eigenvalue weighted by atomic mass is 35.7. The van der Waals surface area contributed by atoms with Crippen LogP contribution in [0.1, 0.15) is 0 Å². The van der Waals surface area contributed by atoms with Crippen molar-refractivity contribution in [1.29, 1.82) is 0 Å². The van der Waals surface area contributed by atoms with Gasteiger partial charge in [-0.25, -0.2) is 0 Å². The van der Waals surface area contributed by atoms with Crippen molar-refractivity contribution in [3.63, 3.8) is 0 Å². The van der Waals surface area contributed by atoms with Crippen LogP contribution in [-0.2, 0) is 0 Å². The molecule has 0 heterocycles. The molecule has 0 aliphatic carbocycles. The predicted molar refractivity (Wildman–Crippen MR) is 45.3 cm³/mol. The highest BCUT2D eigenvalue weighted by molar-refractivity contribution is 7.74. The van der Waals surface area contributed by atoms with Gasteiger partial charge in [-0.1, -0.05) is 18.2 Å². The van der Waals surface area contributed by atoms with E-state index in [2.05, 4.69) is 11.2 Å². The maximum Gasteiger partial charge on any atom is 0.271 e. The van der Waals surface area contributed by atoms with Gasteiger partial charge in [0.25, 0.3) is 7.73 Å². The molecule has 62 valence electrons. The Balaban J connectivity index is 0.000000218. The molecule has 0 aromatic heterocycles. The number of benzene rings is 1. The lowest BCUT2D eigenvalue weighted by atomic mass is 10.3. The molecule has 0 fully saturated rings. The summed E-state index contributed by atoms with van der Waals surface area (Å²) in [7, 11) is -2.15. The van der Waals surface area contributed by atoms with Crippen molar-refractivity contribution in [2.45, 2.75) is 0 Å². The summed E-state index contributed by atoms with van der Waals surface area (Å²) >= 11 is 4.45. The Morgan fingerprint density at radius 3 is 1.64 bits per heavy atom. The van der Waals surface area contributed by atoms with Crippen LogP contribution in [0.4, 0.5) is 0 Å². The normalized spacial score (nSPS) is 8.73. The maximum atomic E-state index is 8.63. The second-order valence-corrected chi connectivity index (χ2v) is 2.96. The molecule has 0 saturated carbocycles. The van der Waals surface area contributed by atoms with Crippen LogP contribution in [0.2, 0.25) is 0 Å². The van der Waals surface area contributed by atoms with E-state index in [0.717, 1.165) is 0 Å². The monoisotopic (exact) mass is 194 g/mol. The Bertz CT molecular complexity index is 178. The number of halogens is 1. The van der Waals surface area contributed by atoms with Crippen molar-refractivity contribution in [2.24, 2.45) is 0 Å². The van der Waals surface area contributed by atoms with Gasteiger partial charge in [0, 0.05) is 0 Å². The Labute approximate surface area is 70.6 Å². The van der Waals surface area contributed by atoms with Gasteiger partial charge in [0.15, 0.2) is 0 Å². The van der Waals surface area contributed by atoms with E-state index in [1.165, 1.54) is 0 Å². The molecule has 0 aliphatic rings. The lowest BCUT2D eigenvalue weighted by Crippen LogP contribution is -1.56. The third-order valence-corrected chi connectivity index (χ3v) is 0.756. The van der Waals surface area contributed by atoms with Crippen LogP contribution in [0.15, 0.2) is 30.3 Å². The SMILES string of the molecule is OP(O)Cl.Oc1ccccc1. The summed E-state index contributed by atoms with van der Waals surface area (Å²) in [5.41, 5.74) is 0. The number of hydrogen-bond acceptors (Lipinski definition) is 3. The first-order valence-electron chi connectivity index (χ1n) is 2.70. The van der Waals surface area contributed by atoms with E-state index in [1.807, 2.05) is 6.07 Å². The molecule has 5 heteroatoms. The van der Waals surface area contributed by atoms with Gasteiger partial charge in [0.1, 0.15) is 5.75 Å². The van der Waals surface area contributed by atoms with Gasteiger partial charge in [-0.15, -0.1) is 0 Å². The van der Waals surface area contributed by atoms with Crippen LogP contribution in [0.5, 0.6) is 5.75 Å². The fraction of sp³-hybridized carbons (Fsp3) is 0. The lowest BCUT2D eigenvalue weighted by Gasteiger charge is -1.82. The number of para-hydroxylation sites is 1. The molecule has 0 unspecified atom stereocenters. The van der Waals surface area contributed by atoms with Crippen molar-refractivity contribution in [1.82, 2.24) is 0 Å². The second-order valence-electron chi connectivity index (χ2n) is 1.58. The zero-order valence-electron chi connectivity index (χ0n) is 5.55. The topological polar surface area (TPSA) is 60.7 Å². The van der Waals surface area contributed by atoms with E-state index in [4.69, 9.17) is 14.9 Å². The molecular weight excluding hydrogens is 186 g/mol. The molecule has 0 amide bonds. The van der Waals surface area contributed by atoms with Gasteiger partial charge < -0.3 is 14.9 Å². The van der Waals surface area contributed by atoms with Crippen molar-refractivity contribution >= 4 is 19.0 Å². The summed E-state index contributed by atoms with van der Waals surface area (Å²) < 4.78 is 0. The minimum atomic E-state index is -2.15. The van der Waals surface area contributed by atoms with Gasteiger partial charge >= 0.3 is 0 Å². The summed E-state index contributed by atoms with van der Waals surface area (Å²) in [5.74, 6) is 0.322. The molecule has 0 bridgehead atoms. The van der Waals surface area contributed by atoms with Crippen LogP contribution in [0.3, 0.4) is 0 Å². The van der Waals surface area contributed by atoms with Crippen molar-refractivity contribution < 1.29 is 14.9 Å². The first-order chi connectivity index (χ1) is 5.13. The number of phenols is 1. The smallest absolute Gasteiger partial charge is 0.271 e. The Morgan fingerprint density at radius 1 is 1.09 bits per heavy atom. The van der Waals surface area contributed by atoms with E-state index < -0.39 is 7.73 Å². The van der Waals surface area contributed by atoms with E-state index in [-0.39, 0.29) is 0 Å². The average molecular weight is 195 g/mol. The minimum Gasteiger partial charge on any atom is -0.508 e. The summed E-state index contributed by atoms with van der Waals surface area (Å²) in [6, 6.07) is 8.71. The fourth-order valence-electron chi connectivity index (χ4n) is 0.428. The minimum absolute atomic E-state index is 0.322. The quantitative estimate of drug-likeness (QED) is 0.552. The van der Waals surface area contributed by atoms with Crippen molar-refractivity contribution in [3.05, 3.63) is 30.3 Å². The van der Waals surface area contributed by atoms with E-state index in [9.17, 15) is 0 Å². The van der Waals surface area contributed by atoms with Crippen molar-refractivity contribution in [3.8, 4) is 5.75 Å². The predicted octanol–water partition coefficient (Wildman–Crippen LogP) is 1.83. The summed E-state index contributed by atoms with van der Waals surface area (Å²) in [4.78, 5) is 14.9. The first kappa shape index (κ1) is 10.7. The zero-order chi connectivity index (χ0) is 8.69. The van der Waals surface area contributed by atoms with Gasteiger partial charge in [-0.05, 0) is 23.4 Å². The van der Waals surface area contributed by atoms with Crippen LogP contribution in [0.25, 0.3) is 0 Å². The molecule has 3 nitrogen and oxygen atoms in total. The molecule has 1 aromatic carbocycles. The molecule has 0 atom stereocenters. The number of phenolic OH excluding ortho intramolecular Hbond substituents is 1. The Hall–Kier alpha value is -0.340. The maximum absolute atomic E-state index is 8.63. The van der Waals surface area contributed by atoms with E-state index in [0.29, 0.717) is 5.75 Å². The number of hydrogen-bond donors (Lipinski definition) is 3. The average Bonchev–Trinajstić information content (AvgIpc) is 1.87. The molecule has 0 saturated heterocycles. The van der Waals surface area contributed by atoms with Crippen LogP contribution >= 0.6 is 19.0 Å². The summed E-state index contributed by atoms with van der Waals surface area (Å²) in [6.45, 7) is 0. The molecule has 3 N–H and O–H groups in total. The Kier molecular flexibility index (Phi) is 6.18. The van der Waals surface area contributed by atoms with E-state index in [1.54, 1.807) is 24.3 Å². The van der Waals surface area contributed by atoms with Crippen LogP contribution in [0, 0.1) is 0 Å². The zero-order valence-corrected chi connectivity index (χ0v) is 7.20. The summed E-state index contributed by atoms with van der Waals surface area (Å²) in [6.07, 6.45) is 0. The number of rotatable bonds is 0. The van der Waals surface area contributed by atoms with Crippen LogP contribution < -0.4 is 0 Å². The van der Waals surface area contributed by atoms with E-state index >= 15 is 0 Å². The first-order valence-corrected chi connectivity index (χ1v) is 4.86. The molecule has 0 spiro atoms. The largest absolute Gasteiger partial charge is 0.508 e.